The maximum absolute atomic E-state index is 11.5. The predicted octanol–water partition coefficient (Wildman–Crippen LogP) is 3.37. The quantitative estimate of drug-likeness (QED) is 0.313. The van der Waals surface area contributed by atoms with E-state index in [1.54, 1.807) is 0 Å². The van der Waals surface area contributed by atoms with Crippen molar-refractivity contribution >= 4 is 53.9 Å². The summed E-state index contributed by atoms with van der Waals surface area (Å²) in [6.07, 6.45) is 5.73. The fourth-order valence-electron chi connectivity index (χ4n) is 3.38. The molecule has 0 fully saturated rings. The summed E-state index contributed by atoms with van der Waals surface area (Å²) in [4.78, 5) is 11.5. The van der Waals surface area contributed by atoms with Gasteiger partial charge in [-0.1, -0.05) is 36.4 Å². The summed E-state index contributed by atoms with van der Waals surface area (Å²) in [5, 5.41) is 9.22. The van der Waals surface area contributed by atoms with Crippen LogP contribution in [0.25, 0.3) is 10.8 Å². The first kappa shape index (κ1) is 31.1. The number of primary amides is 1. The van der Waals surface area contributed by atoms with Crippen molar-refractivity contribution in [2.75, 3.05) is 32.7 Å². The minimum Gasteiger partial charge on any atom is -0.369 e. The number of carbonyl (C=O) groups excluding carboxylic acids is 1. The van der Waals surface area contributed by atoms with E-state index in [9.17, 15) is 4.79 Å². The topological polar surface area (TPSA) is 93.2 Å². The lowest BCUT2D eigenvalue weighted by molar-refractivity contribution is -0.117. The number of halogens is 3. The molecule has 0 atom stereocenters. The average molecular weight is 480 g/mol. The van der Waals surface area contributed by atoms with E-state index in [1.165, 1.54) is 18.4 Å². The van der Waals surface area contributed by atoms with Gasteiger partial charge < -0.3 is 22.1 Å². The predicted molar refractivity (Wildman–Crippen MR) is 136 cm³/mol. The third kappa shape index (κ3) is 11.3. The molecule has 0 aliphatic rings. The van der Waals surface area contributed by atoms with Crippen LogP contribution in [0.1, 0.15) is 36.8 Å². The molecule has 5 nitrogen and oxygen atoms in total. The molecule has 0 heterocycles. The van der Waals surface area contributed by atoms with Crippen molar-refractivity contribution < 1.29 is 4.79 Å². The minimum absolute atomic E-state index is 0. The van der Waals surface area contributed by atoms with E-state index in [0.717, 1.165) is 68.3 Å². The average Bonchev–Trinajstić information content (AvgIpc) is 2.67. The van der Waals surface area contributed by atoms with E-state index >= 15 is 0 Å². The van der Waals surface area contributed by atoms with Crippen LogP contribution in [0.3, 0.4) is 0 Å². The van der Waals surface area contributed by atoms with Crippen LogP contribution >= 0.6 is 37.2 Å². The Hall–Kier alpha value is -1.08. The van der Waals surface area contributed by atoms with E-state index < -0.39 is 0 Å². The molecule has 0 unspecified atom stereocenters. The van der Waals surface area contributed by atoms with E-state index in [0.29, 0.717) is 6.42 Å². The summed E-state index contributed by atoms with van der Waals surface area (Å²) in [7, 11) is 0. The van der Waals surface area contributed by atoms with Crippen LogP contribution in [0.15, 0.2) is 36.4 Å². The van der Waals surface area contributed by atoms with E-state index in [4.69, 9.17) is 11.5 Å². The second kappa shape index (κ2) is 18.7. The highest BCUT2D eigenvalue weighted by atomic mass is 35.5. The molecule has 2 rings (SSSR count). The van der Waals surface area contributed by atoms with Crippen molar-refractivity contribution in [2.24, 2.45) is 11.5 Å². The van der Waals surface area contributed by atoms with Gasteiger partial charge in [0.15, 0.2) is 0 Å². The Labute approximate surface area is 199 Å². The molecule has 172 valence electrons. The Bertz CT molecular complexity index is 716. The van der Waals surface area contributed by atoms with Gasteiger partial charge in [-0.05, 0) is 86.7 Å². The van der Waals surface area contributed by atoms with Gasteiger partial charge in [0.1, 0.15) is 0 Å². The van der Waals surface area contributed by atoms with Crippen LogP contribution in [-0.4, -0.2) is 38.6 Å². The molecular formula is C22H37Cl3N4O. The third-order valence-corrected chi connectivity index (χ3v) is 4.80. The van der Waals surface area contributed by atoms with Gasteiger partial charge in [0.05, 0.1) is 6.42 Å². The molecule has 0 bridgehead atoms. The van der Waals surface area contributed by atoms with Gasteiger partial charge in [-0.25, -0.2) is 0 Å². The summed E-state index contributed by atoms with van der Waals surface area (Å²) < 4.78 is 0. The molecule has 0 spiro atoms. The lowest BCUT2D eigenvalue weighted by atomic mass is 9.94. The molecule has 0 saturated heterocycles. The first-order chi connectivity index (χ1) is 13.2. The zero-order chi connectivity index (χ0) is 19.3. The van der Waals surface area contributed by atoms with E-state index in [1.807, 2.05) is 12.1 Å². The van der Waals surface area contributed by atoms with Gasteiger partial charge >= 0.3 is 0 Å². The Morgan fingerprint density at radius 2 is 1.40 bits per heavy atom. The number of hydrogen-bond acceptors (Lipinski definition) is 4. The molecule has 0 aliphatic heterocycles. The maximum Gasteiger partial charge on any atom is 0.221 e. The first-order valence-electron chi connectivity index (χ1n) is 10.1. The second-order valence-electron chi connectivity index (χ2n) is 7.02. The summed E-state index contributed by atoms with van der Waals surface area (Å²) in [6, 6.07) is 12.5. The summed E-state index contributed by atoms with van der Waals surface area (Å²) in [5.74, 6) is -0.272. The molecule has 6 N–H and O–H groups in total. The monoisotopic (exact) mass is 478 g/mol. The number of unbranched alkanes of at least 4 members (excludes halogenated alkanes) is 1. The van der Waals surface area contributed by atoms with Crippen LogP contribution in [0, 0.1) is 0 Å². The van der Waals surface area contributed by atoms with E-state index in [-0.39, 0.29) is 43.1 Å². The molecule has 0 saturated carbocycles. The van der Waals surface area contributed by atoms with Crippen molar-refractivity contribution in [3.63, 3.8) is 0 Å². The standard InChI is InChI=1S/C22H34N4O.3ClH/c23-12-6-16-26-14-4-3-13-25-15-5-8-19-11-10-18-7-1-2-9-20(18)21(19)17-22(24)27;;;/h1-2,7,9-11,25-26H,3-6,8,12-17,23H2,(H2,24,27);3*1H. The lowest BCUT2D eigenvalue weighted by Crippen LogP contribution is -2.22. The highest BCUT2D eigenvalue weighted by molar-refractivity contribution is 5.91. The number of carbonyl (C=O) groups is 1. The number of fused-ring (bicyclic) bond motifs is 1. The molecule has 0 aliphatic carbocycles. The Kier molecular flexibility index (Phi) is 19.4. The number of hydrogen-bond donors (Lipinski definition) is 4. The summed E-state index contributed by atoms with van der Waals surface area (Å²) in [6.45, 7) is 4.87. The Morgan fingerprint density at radius 3 is 2.03 bits per heavy atom. The molecular weight excluding hydrogens is 443 g/mol. The van der Waals surface area contributed by atoms with Crippen molar-refractivity contribution in [1.29, 1.82) is 0 Å². The third-order valence-electron chi connectivity index (χ3n) is 4.80. The van der Waals surface area contributed by atoms with Crippen LogP contribution in [0.4, 0.5) is 0 Å². The number of benzene rings is 2. The van der Waals surface area contributed by atoms with Gasteiger partial charge in [0.2, 0.25) is 5.91 Å². The lowest BCUT2D eigenvalue weighted by Gasteiger charge is -2.12. The second-order valence-corrected chi connectivity index (χ2v) is 7.02. The van der Waals surface area contributed by atoms with Crippen molar-refractivity contribution in [3.05, 3.63) is 47.5 Å². The van der Waals surface area contributed by atoms with Gasteiger partial charge in [-0.15, -0.1) is 37.2 Å². The van der Waals surface area contributed by atoms with E-state index in [2.05, 4.69) is 34.9 Å². The van der Waals surface area contributed by atoms with Gasteiger partial charge in [-0.3, -0.25) is 4.79 Å². The fourth-order valence-corrected chi connectivity index (χ4v) is 3.38. The normalized spacial score (nSPS) is 10.0. The Balaban J connectivity index is 0. The van der Waals surface area contributed by atoms with Crippen LogP contribution in [0.2, 0.25) is 0 Å². The largest absolute Gasteiger partial charge is 0.369 e. The number of nitrogens with two attached hydrogens (primary N) is 2. The van der Waals surface area contributed by atoms with Crippen LogP contribution in [-0.2, 0) is 17.6 Å². The number of nitrogens with one attached hydrogen (secondary N) is 2. The molecule has 30 heavy (non-hydrogen) atoms. The number of amides is 1. The van der Waals surface area contributed by atoms with Gasteiger partial charge in [0, 0.05) is 0 Å². The van der Waals surface area contributed by atoms with Crippen molar-refractivity contribution in [3.8, 4) is 0 Å². The Morgan fingerprint density at radius 1 is 0.800 bits per heavy atom. The highest BCUT2D eigenvalue weighted by Gasteiger charge is 2.10. The molecule has 0 radical (unpaired) electrons. The summed E-state index contributed by atoms with van der Waals surface area (Å²) >= 11 is 0. The SMILES string of the molecule is Cl.Cl.Cl.NCCCNCCCCNCCCc1ccc2ccccc2c1CC(N)=O. The van der Waals surface area contributed by atoms with Gasteiger partial charge in [-0.2, -0.15) is 0 Å². The summed E-state index contributed by atoms with van der Waals surface area (Å²) in [5.41, 5.74) is 13.3. The van der Waals surface area contributed by atoms with Crippen molar-refractivity contribution in [2.45, 2.75) is 38.5 Å². The number of aryl methyl sites for hydroxylation is 1. The fraction of sp³-hybridized carbons (Fsp3) is 0.500. The smallest absolute Gasteiger partial charge is 0.221 e. The van der Waals surface area contributed by atoms with Crippen molar-refractivity contribution in [1.82, 2.24) is 10.6 Å². The van der Waals surface area contributed by atoms with Crippen LogP contribution in [0.5, 0.6) is 0 Å². The maximum atomic E-state index is 11.5. The minimum atomic E-state index is -0.272. The molecule has 8 heteroatoms. The zero-order valence-electron chi connectivity index (χ0n) is 17.5. The molecule has 1 amide bonds. The molecule has 2 aromatic rings. The van der Waals surface area contributed by atoms with Crippen LogP contribution < -0.4 is 22.1 Å². The molecule has 2 aromatic carbocycles. The number of rotatable bonds is 14. The molecule has 0 aromatic heterocycles. The highest BCUT2D eigenvalue weighted by Crippen LogP contribution is 2.24. The van der Waals surface area contributed by atoms with Gasteiger partial charge in [0.25, 0.3) is 0 Å². The zero-order valence-corrected chi connectivity index (χ0v) is 20.0. The first-order valence-corrected chi connectivity index (χ1v) is 10.1.